The molecule has 0 amide bonds. The Bertz CT molecular complexity index is 2260. The van der Waals surface area contributed by atoms with Gasteiger partial charge in [0.15, 0.2) is 11.4 Å². The van der Waals surface area contributed by atoms with Crippen LogP contribution < -0.4 is 10.6 Å². The molecular formula is C40H42N8O2. The van der Waals surface area contributed by atoms with Crippen molar-refractivity contribution in [2.75, 3.05) is 25.0 Å². The first-order valence-electron chi connectivity index (χ1n) is 17.2. The van der Waals surface area contributed by atoms with Gasteiger partial charge in [0, 0.05) is 43.1 Å². The van der Waals surface area contributed by atoms with E-state index >= 15 is 0 Å². The predicted octanol–water partition coefficient (Wildman–Crippen LogP) is 7.35. The summed E-state index contributed by atoms with van der Waals surface area (Å²) in [6, 6.07) is 20.7. The molecule has 0 bridgehead atoms. The van der Waals surface area contributed by atoms with Crippen molar-refractivity contribution >= 4 is 33.6 Å². The summed E-state index contributed by atoms with van der Waals surface area (Å²) in [5.41, 5.74) is 11.3. The zero-order chi connectivity index (χ0) is 34.9. The number of nitrogens with one attached hydrogen (secondary N) is 2. The van der Waals surface area contributed by atoms with E-state index in [1.165, 1.54) is 6.42 Å². The molecule has 10 nitrogen and oxygen atoms in total. The highest BCUT2D eigenvalue weighted by atomic mass is 16.3. The van der Waals surface area contributed by atoms with Crippen molar-refractivity contribution in [2.45, 2.75) is 60.2 Å². The van der Waals surface area contributed by atoms with Gasteiger partial charge in [-0.05, 0) is 110 Å². The standard InChI is InChI=1S/C40H42N8O2/c1-23-12-13-48(20-23)21-28-14-30(17-41)38-36(15-28)47-40(50-38)33-10-6-8-31(25(33)3)32-9-7-11-34(26(32)4)46-39-37-35(44-27(5)45-39)16-29(19-43-37)18-42-24(2)22-49/h6-11,14-16,19,23-24,42,49H,12-13,18,20-22H2,1-5H3,(H,44,45,46)/t23-,24+/m1/s1. The molecule has 50 heavy (non-hydrogen) atoms. The summed E-state index contributed by atoms with van der Waals surface area (Å²) < 4.78 is 6.32. The molecule has 0 saturated carbocycles. The SMILES string of the molecule is Cc1nc(Nc2cccc(-c3cccc(-c4nc5cc(CN6CC[C@@H](C)C6)cc(C#N)c5o4)c3C)c2C)c2ncc(CN[C@@H](C)CO)cc2n1. The lowest BCUT2D eigenvalue weighted by molar-refractivity contribution is 0.251. The minimum atomic E-state index is -0.0112. The normalized spacial score (nSPS) is 15.5. The van der Waals surface area contributed by atoms with E-state index < -0.39 is 0 Å². The number of aryl methyl sites for hydroxylation is 1. The second kappa shape index (κ2) is 14.0. The summed E-state index contributed by atoms with van der Waals surface area (Å²) in [5.74, 6) is 2.48. The van der Waals surface area contributed by atoms with Crippen LogP contribution in [0.2, 0.25) is 0 Å². The van der Waals surface area contributed by atoms with Gasteiger partial charge in [-0.15, -0.1) is 0 Å². The molecule has 3 N–H and O–H groups in total. The molecule has 1 saturated heterocycles. The summed E-state index contributed by atoms with van der Waals surface area (Å²) in [5, 5.41) is 26.2. The lowest BCUT2D eigenvalue weighted by Gasteiger charge is -2.17. The molecule has 2 atom stereocenters. The molecule has 1 aliphatic rings. The zero-order valence-electron chi connectivity index (χ0n) is 29.2. The first-order valence-corrected chi connectivity index (χ1v) is 17.2. The van der Waals surface area contributed by atoms with E-state index in [0.717, 1.165) is 69.8 Å². The van der Waals surface area contributed by atoms with E-state index in [9.17, 15) is 10.4 Å². The van der Waals surface area contributed by atoms with Crippen molar-refractivity contribution in [3.63, 3.8) is 0 Å². The molecule has 4 heterocycles. The summed E-state index contributed by atoms with van der Waals surface area (Å²) in [7, 11) is 0. The smallest absolute Gasteiger partial charge is 0.227 e. The average molecular weight is 667 g/mol. The Morgan fingerprint density at radius 2 is 1.74 bits per heavy atom. The lowest BCUT2D eigenvalue weighted by Crippen LogP contribution is -2.28. The van der Waals surface area contributed by atoms with E-state index in [4.69, 9.17) is 19.4 Å². The predicted molar refractivity (Wildman–Crippen MR) is 197 cm³/mol. The molecule has 254 valence electrons. The van der Waals surface area contributed by atoms with E-state index in [2.05, 4.69) is 65.6 Å². The fraction of sp³-hybridized carbons (Fsp3) is 0.325. The molecular weight excluding hydrogens is 624 g/mol. The molecule has 0 spiro atoms. The number of hydrogen-bond donors (Lipinski definition) is 3. The minimum absolute atomic E-state index is 0.0112. The molecule has 10 heteroatoms. The molecule has 1 fully saturated rings. The van der Waals surface area contributed by atoms with Crippen molar-refractivity contribution in [2.24, 2.45) is 5.92 Å². The van der Waals surface area contributed by atoms with Crippen molar-refractivity contribution < 1.29 is 9.52 Å². The van der Waals surface area contributed by atoms with Gasteiger partial charge in [0.05, 0.1) is 17.7 Å². The number of aliphatic hydroxyl groups is 1. The molecule has 3 aromatic heterocycles. The lowest BCUT2D eigenvalue weighted by atomic mass is 9.93. The van der Waals surface area contributed by atoms with Crippen molar-refractivity contribution in [3.8, 4) is 28.7 Å². The molecule has 0 radical (unpaired) electrons. The molecule has 6 aromatic rings. The van der Waals surface area contributed by atoms with E-state index in [0.29, 0.717) is 52.2 Å². The van der Waals surface area contributed by atoms with Crippen LogP contribution in [-0.2, 0) is 13.1 Å². The molecule has 7 rings (SSSR count). The highest BCUT2D eigenvalue weighted by Crippen LogP contribution is 2.38. The number of nitrogens with zero attached hydrogens (tertiary/aromatic N) is 6. The van der Waals surface area contributed by atoms with Crippen molar-refractivity contribution in [3.05, 3.63) is 94.4 Å². The fourth-order valence-electron chi connectivity index (χ4n) is 6.88. The Kier molecular flexibility index (Phi) is 9.29. The maximum Gasteiger partial charge on any atom is 0.227 e. The number of hydrogen-bond acceptors (Lipinski definition) is 10. The van der Waals surface area contributed by atoms with Crippen molar-refractivity contribution in [1.82, 2.24) is 30.2 Å². The van der Waals surface area contributed by atoms with Crippen LogP contribution in [-0.4, -0.2) is 55.7 Å². The topological polar surface area (TPSA) is 136 Å². The largest absolute Gasteiger partial charge is 0.435 e. The Balaban J connectivity index is 1.20. The minimum Gasteiger partial charge on any atom is -0.435 e. The summed E-state index contributed by atoms with van der Waals surface area (Å²) >= 11 is 0. The third kappa shape index (κ3) is 6.68. The van der Waals surface area contributed by atoms with E-state index in [1.807, 2.05) is 56.4 Å². The van der Waals surface area contributed by atoms with Crippen LogP contribution in [0, 0.1) is 38.0 Å². The number of benzene rings is 3. The molecule has 3 aromatic carbocycles. The number of pyridine rings is 1. The Hall–Kier alpha value is -5.21. The van der Waals surface area contributed by atoms with Gasteiger partial charge in [-0.25, -0.2) is 15.0 Å². The number of rotatable bonds is 10. The molecule has 0 aliphatic carbocycles. The quantitative estimate of drug-likeness (QED) is 0.136. The van der Waals surface area contributed by atoms with Gasteiger partial charge in [-0.2, -0.15) is 5.26 Å². The maximum atomic E-state index is 10.0. The Morgan fingerprint density at radius 1 is 0.980 bits per heavy atom. The number of likely N-dealkylation sites (tertiary alicyclic amines) is 1. The van der Waals surface area contributed by atoms with Gasteiger partial charge in [0.1, 0.15) is 22.9 Å². The molecule has 1 aliphatic heterocycles. The maximum absolute atomic E-state index is 10.0. The van der Waals surface area contributed by atoms with E-state index in [1.54, 1.807) is 0 Å². The van der Waals surface area contributed by atoms with Crippen LogP contribution in [0.4, 0.5) is 11.5 Å². The Morgan fingerprint density at radius 3 is 2.50 bits per heavy atom. The first-order chi connectivity index (χ1) is 24.2. The van der Waals surface area contributed by atoms with Crippen LogP contribution in [0.1, 0.15) is 53.9 Å². The van der Waals surface area contributed by atoms with Gasteiger partial charge >= 0.3 is 0 Å². The number of oxazole rings is 1. The van der Waals surface area contributed by atoms with Gasteiger partial charge in [-0.3, -0.25) is 9.88 Å². The third-order valence-corrected chi connectivity index (χ3v) is 9.66. The Labute approximate surface area is 292 Å². The third-order valence-electron chi connectivity index (χ3n) is 9.66. The monoisotopic (exact) mass is 666 g/mol. The number of fused-ring (bicyclic) bond motifs is 2. The molecule has 0 unspecified atom stereocenters. The average Bonchev–Trinajstić information content (AvgIpc) is 3.73. The number of aromatic nitrogens is 4. The second-order valence-corrected chi connectivity index (χ2v) is 13.6. The van der Waals surface area contributed by atoms with Gasteiger partial charge in [-0.1, -0.05) is 31.2 Å². The fourth-order valence-corrected chi connectivity index (χ4v) is 6.88. The summed E-state index contributed by atoms with van der Waals surface area (Å²) in [6.07, 6.45) is 3.03. The summed E-state index contributed by atoms with van der Waals surface area (Å²) in [6.45, 7) is 13.9. The second-order valence-electron chi connectivity index (χ2n) is 13.6. The van der Waals surface area contributed by atoms with Crippen molar-refractivity contribution in [1.29, 1.82) is 5.26 Å². The first kappa shape index (κ1) is 33.3. The van der Waals surface area contributed by atoms with Gasteiger partial charge in [0.2, 0.25) is 5.89 Å². The van der Waals surface area contributed by atoms with Crippen LogP contribution in [0.5, 0.6) is 0 Å². The van der Waals surface area contributed by atoms with Gasteiger partial charge < -0.3 is 20.2 Å². The van der Waals surface area contributed by atoms with Crippen LogP contribution in [0.15, 0.2) is 65.2 Å². The van der Waals surface area contributed by atoms with Gasteiger partial charge in [0.25, 0.3) is 0 Å². The number of nitriles is 1. The van der Waals surface area contributed by atoms with Crippen LogP contribution in [0.25, 0.3) is 44.7 Å². The summed E-state index contributed by atoms with van der Waals surface area (Å²) in [4.78, 5) is 21.5. The van der Waals surface area contributed by atoms with Crippen LogP contribution in [0.3, 0.4) is 0 Å². The highest BCUT2D eigenvalue weighted by Gasteiger charge is 2.22. The zero-order valence-corrected chi connectivity index (χ0v) is 29.2. The highest BCUT2D eigenvalue weighted by molar-refractivity contribution is 5.89. The van der Waals surface area contributed by atoms with Crippen LogP contribution >= 0.6 is 0 Å². The van der Waals surface area contributed by atoms with E-state index in [-0.39, 0.29) is 12.6 Å². The number of anilines is 2. The number of aliphatic hydroxyl groups excluding tert-OH is 1.